The first-order valence-corrected chi connectivity index (χ1v) is 10.1. The number of rotatable bonds is 8. The maximum absolute atomic E-state index is 12.9. The van der Waals surface area contributed by atoms with Crippen molar-refractivity contribution < 1.29 is 17.6 Å². The molecule has 2 rings (SSSR count). The van der Waals surface area contributed by atoms with Gasteiger partial charge in [-0.1, -0.05) is 24.3 Å². The molecule has 0 saturated heterocycles. The third-order valence-corrected chi connectivity index (χ3v) is 5.06. The van der Waals surface area contributed by atoms with E-state index >= 15 is 0 Å². The van der Waals surface area contributed by atoms with E-state index in [0.717, 1.165) is 16.1 Å². The number of nitriles is 1. The van der Waals surface area contributed by atoms with Crippen molar-refractivity contribution in [2.45, 2.75) is 12.8 Å². The first-order valence-electron chi connectivity index (χ1n) is 8.29. The highest BCUT2D eigenvalue weighted by Crippen LogP contribution is 2.22. The van der Waals surface area contributed by atoms with Gasteiger partial charge in [-0.15, -0.1) is 0 Å². The number of halogens is 1. The second-order valence-corrected chi connectivity index (χ2v) is 7.85. The summed E-state index contributed by atoms with van der Waals surface area (Å²) in [6.07, 6.45) is 1.53. The SMILES string of the molecule is CS(=O)(=O)N(CCC(=O)NCCc1ccc(F)cc1)c1ccccc1C#N. The third-order valence-electron chi connectivity index (χ3n) is 3.88. The standard InChI is InChI=1S/C19H20FN3O3S/c1-27(25,26)23(18-5-3-2-4-16(18)14-21)13-11-19(24)22-12-10-15-6-8-17(20)9-7-15/h2-9H,10-13H2,1H3,(H,22,24). The van der Waals surface area contributed by atoms with Crippen molar-refractivity contribution in [1.82, 2.24) is 5.32 Å². The van der Waals surface area contributed by atoms with Crippen LogP contribution in [0.15, 0.2) is 48.5 Å². The van der Waals surface area contributed by atoms with Gasteiger partial charge in [0.2, 0.25) is 15.9 Å². The number of anilines is 1. The minimum atomic E-state index is -3.65. The van der Waals surface area contributed by atoms with Gasteiger partial charge in [0.15, 0.2) is 0 Å². The molecule has 0 bridgehead atoms. The number of nitrogens with one attached hydrogen (secondary N) is 1. The van der Waals surface area contributed by atoms with E-state index in [2.05, 4.69) is 5.32 Å². The lowest BCUT2D eigenvalue weighted by atomic mass is 10.1. The van der Waals surface area contributed by atoms with E-state index in [0.29, 0.717) is 13.0 Å². The van der Waals surface area contributed by atoms with E-state index in [1.807, 2.05) is 6.07 Å². The second kappa shape index (κ2) is 9.14. The zero-order valence-corrected chi connectivity index (χ0v) is 15.7. The molecule has 0 atom stereocenters. The summed E-state index contributed by atoms with van der Waals surface area (Å²) in [7, 11) is -3.65. The van der Waals surface area contributed by atoms with E-state index < -0.39 is 10.0 Å². The summed E-state index contributed by atoms with van der Waals surface area (Å²) in [5.41, 5.74) is 1.36. The number of nitrogens with zero attached hydrogens (tertiary/aromatic N) is 2. The lowest BCUT2D eigenvalue weighted by molar-refractivity contribution is -0.120. The van der Waals surface area contributed by atoms with Crippen LogP contribution in [0.5, 0.6) is 0 Å². The molecule has 0 radical (unpaired) electrons. The number of carbonyl (C=O) groups excluding carboxylic acids is 1. The van der Waals surface area contributed by atoms with Crippen molar-refractivity contribution in [3.8, 4) is 6.07 Å². The zero-order valence-electron chi connectivity index (χ0n) is 14.9. The molecule has 0 aliphatic rings. The summed E-state index contributed by atoms with van der Waals surface area (Å²) >= 11 is 0. The summed E-state index contributed by atoms with van der Waals surface area (Å²) in [6.45, 7) is 0.290. The fourth-order valence-corrected chi connectivity index (χ4v) is 3.48. The monoisotopic (exact) mass is 389 g/mol. The fraction of sp³-hybridized carbons (Fsp3) is 0.263. The van der Waals surface area contributed by atoms with Gasteiger partial charge in [-0.3, -0.25) is 9.10 Å². The van der Waals surface area contributed by atoms with Crippen LogP contribution in [-0.2, 0) is 21.2 Å². The van der Waals surface area contributed by atoms with Gasteiger partial charge in [0.25, 0.3) is 0 Å². The highest BCUT2D eigenvalue weighted by molar-refractivity contribution is 7.92. The lowest BCUT2D eigenvalue weighted by Gasteiger charge is -2.23. The number of hydrogen-bond acceptors (Lipinski definition) is 4. The van der Waals surface area contributed by atoms with Crippen molar-refractivity contribution in [2.75, 3.05) is 23.7 Å². The molecule has 1 amide bonds. The quantitative estimate of drug-likeness (QED) is 0.749. The Morgan fingerprint density at radius 3 is 2.48 bits per heavy atom. The molecule has 1 N–H and O–H groups in total. The summed E-state index contributed by atoms with van der Waals surface area (Å²) in [5.74, 6) is -0.624. The number of amides is 1. The van der Waals surface area contributed by atoms with Gasteiger partial charge in [0.05, 0.1) is 17.5 Å². The molecular formula is C19H20FN3O3S. The first kappa shape index (κ1) is 20.4. The maximum Gasteiger partial charge on any atom is 0.232 e. The largest absolute Gasteiger partial charge is 0.356 e. The molecule has 0 spiro atoms. The average Bonchev–Trinajstić information content (AvgIpc) is 2.63. The Balaban J connectivity index is 1.94. The van der Waals surface area contributed by atoms with Crippen LogP contribution in [0.4, 0.5) is 10.1 Å². The summed E-state index contributed by atoms with van der Waals surface area (Å²) in [5, 5.41) is 11.9. The molecule has 0 aliphatic carbocycles. The van der Waals surface area contributed by atoms with Crippen molar-refractivity contribution in [1.29, 1.82) is 5.26 Å². The Hall–Kier alpha value is -2.92. The smallest absolute Gasteiger partial charge is 0.232 e. The van der Waals surface area contributed by atoms with Crippen LogP contribution in [0.3, 0.4) is 0 Å². The lowest BCUT2D eigenvalue weighted by Crippen LogP contribution is -2.35. The van der Waals surface area contributed by atoms with Crippen LogP contribution in [0, 0.1) is 17.1 Å². The molecule has 0 aliphatic heterocycles. The van der Waals surface area contributed by atoms with E-state index in [1.165, 1.54) is 24.3 Å². The highest BCUT2D eigenvalue weighted by atomic mass is 32.2. The Morgan fingerprint density at radius 2 is 1.85 bits per heavy atom. The normalized spacial score (nSPS) is 10.9. The number of sulfonamides is 1. The van der Waals surface area contributed by atoms with Crippen molar-refractivity contribution >= 4 is 21.6 Å². The number of carbonyl (C=O) groups is 1. The summed E-state index contributed by atoms with van der Waals surface area (Å²) < 4.78 is 38.1. The van der Waals surface area contributed by atoms with Gasteiger partial charge in [-0.05, 0) is 36.2 Å². The summed E-state index contributed by atoms with van der Waals surface area (Å²) in [4.78, 5) is 12.0. The Kier molecular flexibility index (Phi) is 6.91. The topological polar surface area (TPSA) is 90.3 Å². The molecule has 2 aromatic carbocycles. The zero-order chi connectivity index (χ0) is 19.9. The van der Waals surface area contributed by atoms with E-state index in [9.17, 15) is 22.9 Å². The Bertz CT molecular complexity index is 937. The van der Waals surface area contributed by atoms with E-state index in [4.69, 9.17) is 0 Å². The van der Waals surface area contributed by atoms with Crippen LogP contribution < -0.4 is 9.62 Å². The van der Waals surface area contributed by atoms with Gasteiger partial charge >= 0.3 is 0 Å². The molecule has 142 valence electrons. The molecule has 0 fully saturated rings. The van der Waals surface area contributed by atoms with Gasteiger partial charge < -0.3 is 5.32 Å². The molecule has 8 heteroatoms. The predicted octanol–water partition coefficient (Wildman–Crippen LogP) is 2.21. The van der Waals surface area contributed by atoms with Gasteiger partial charge in [0.1, 0.15) is 11.9 Å². The predicted molar refractivity (Wildman–Crippen MR) is 101 cm³/mol. The molecule has 27 heavy (non-hydrogen) atoms. The second-order valence-electron chi connectivity index (χ2n) is 5.94. The van der Waals surface area contributed by atoms with Crippen molar-refractivity contribution in [2.24, 2.45) is 0 Å². The van der Waals surface area contributed by atoms with Crippen LogP contribution in [0.25, 0.3) is 0 Å². The van der Waals surface area contributed by atoms with Crippen LogP contribution in [0.1, 0.15) is 17.5 Å². The fourth-order valence-electron chi connectivity index (χ4n) is 2.54. The molecule has 0 heterocycles. The van der Waals surface area contributed by atoms with Gasteiger partial charge in [-0.2, -0.15) is 5.26 Å². The number of benzene rings is 2. The molecular weight excluding hydrogens is 369 g/mol. The van der Waals surface area contributed by atoms with Crippen LogP contribution in [-0.4, -0.2) is 33.7 Å². The maximum atomic E-state index is 12.9. The van der Waals surface area contributed by atoms with E-state index in [-0.39, 0.29) is 35.9 Å². The van der Waals surface area contributed by atoms with Crippen LogP contribution in [0.2, 0.25) is 0 Å². The minimum Gasteiger partial charge on any atom is -0.356 e. The molecule has 0 unspecified atom stereocenters. The average molecular weight is 389 g/mol. The summed E-state index contributed by atoms with van der Waals surface area (Å²) in [6, 6.07) is 14.3. The molecule has 6 nitrogen and oxygen atoms in total. The third kappa shape index (κ3) is 6.08. The molecule has 2 aromatic rings. The molecule has 0 saturated carbocycles. The number of para-hydroxylation sites is 1. The van der Waals surface area contributed by atoms with Crippen molar-refractivity contribution in [3.63, 3.8) is 0 Å². The minimum absolute atomic E-state index is 0.0454. The van der Waals surface area contributed by atoms with Crippen LogP contribution >= 0.6 is 0 Å². The molecule has 0 aromatic heterocycles. The van der Waals surface area contributed by atoms with Gasteiger partial charge in [-0.25, -0.2) is 12.8 Å². The van der Waals surface area contributed by atoms with Gasteiger partial charge in [0, 0.05) is 19.5 Å². The number of hydrogen-bond donors (Lipinski definition) is 1. The Morgan fingerprint density at radius 1 is 1.19 bits per heavy atom. The van der Waals surface area contributed by atoms with Crippen molar-refractivity contribution in [3.05, 3.63) is 65.5 Å². The highest BCUT2D eigenvalue weighted by Gasteiger charge is 2.21. The van der Waals surface area contributed by atoms with E-state index in [1.54, 1.807) is 24.3 Å². The Labute approximate surface area is 158 Å². The first-order chi connectivity index (χ1) is 12.8.